The van der Waals surface area contributed by atoms with E-state index >= 15 is 0 Å². The number of hydrogen-bond acceptors (Lipinski definition) is 6. The molecule has 1 heterocycles. The summed E-state index contributed by atoms with van der Waals surface area (Å²) in [5.74, 6) is 0.460. The Morgan fingerprint density at radius 2 is 2.05 bits per heavy atom. The zero-order valence-corrected chi connectivity index (χ0v) is 11.4. The molecule has 0 saturated heterocycles. The number of carbonyl (C=O) groups is 1. The topological polar surface area (TPSA) is 90.1 Å². The molecule has 100 valence electrons. The Kier molecular flexibility index (Phi) is 4.08. The fraction of sp³-hybridized carbons (Fsp3) is 0.250. The van der Waals surface area contributed by atoms with Crippen LogP contribution in [0.15, 0.2) is 24.3 Å². The molecule has 0 aliphatic rings. The molecule has 2 aromatic rings. The largest absolute Gasteiger partial charge is 0.497 e. The maximum atomic E-state index is 11.9. The molecule has 0 radical (unpaired) electrons. The van der Waals surface area contributed by atoms with Crippen LogP contribution >= 0.6 is 11.3 Å². The number of benzene rings is 1. The Morgan fingerprint density at radius 3 is 2.58 bits per heavy atom. The van der Waals surface area contributed by atoms with Gasteiger partial charge in [0.15, 0.2) is 0 Å². The summed E-state index contributed by atoms with van der Waals surface area (Å²) in [5.41, 5.74) is 6.21. The predicted octanol–water partition coefficient (Wildman–Crippen LogP) is 1.82. The molecule has 3 N–H and O–H groups in total. The highest BCUT2D eigenvalue weighted by atomic mass is 32.1. The van der Waals surface area contributed by atoms with Crippen LogP contribution in [0.25, 0.3) is 0 Å². The standard InChI is InChI=1S/C12H14N4O2S/c1-7(13)11-15-16-12(19-11)14-10(17)8-3-5-9(18-2)6-4-8/h3-7H,13H2,1-2H3,(H,14,16,17). The van der Waals surface area contributed by atoms with Crippen LogP contribution < -0.4 is 15.8 Å². The number of rotatable bonds is 4. The number of amides is 1. The lowest BCUT2D eigenvalue weighted by Gasteiger charge is -2.02. The highest BCUT2D eigenvalue weighted by Gasteiger charge is 2.12. The van der Waals surface area contributed by atoms with Crippen molar-refractivity contribution in [3.63, 3.8) is 0 Å². The molecular weight excluding hydrogens is 264 g/mol. The lowest BCUT2D eigenvalue weighted by Crippen LogP contribution is -2.11. The second kappa shape index (κ2) is 5.77. The van der Waals surface area contributed by atoms with Gasteiger partial charge in [0.1, 0.15) is 10.8 Å². The Bertz CT molecular complexity index is 565. The monoisotopic (exact) mass is 278 g/mol. The zero-order valence-electron chi connectivity index (χ0n) is 10.6. The minimum Gasteiger partial charge on any atom is -0.497 e. The van der Waals surface area contributed by atoms with Crippen LogP contribution in [0.4, 0.5) is 5.13 Å². The maximum Gasteiger partial charge on any atom is 0.257 e. The number of nitrogens with one attached hydrogen (secondary N) is 1. The number of hydrogen-bond donors (Lipinski definition) is 2. The molecular formula is C12H14N4O2S. The van der Waals surface area contributed by atoms with E-state index in [1.54, 1.807) is 31.4 Å². The van der Waals surface area contributed by atoms with Gasteiger partial charge in [0.2, 0.25) is 5.13 Å². The minimum absolute atomic E-state index is 0.191. The SMILES string of the molecule is COc1ccc(C(=O)Nc2nnc(C(C)N)s2)cc1. The van der Waals surface area contributed by atoms with E-state index in [1.807, 2.05) is 6.92 Å². The number of anilines is 1. The fourth-order valence-corrected chi connectivity index (χ4v) is 2.07. The second-order valence-electron chi connectivity index (χ2n) is 3.92. The molecule has 1 aromatic carbocycles. The summed E-state index contributed by atoms with van der Waals surface area (Å²) in [6.07, 6.45) is 0. The fourth-order valence-electron chi connectivity index (χ4n) is 1.38. The molecule has 1 unspecified atom stereocenters. The van der Waals surface area contributed by atoms with Crippen LogP contribution in [0.2, 0.25) is 0 Å². The molecule has 0 saturated carbocycles. The Balaban J connectivity index is 2.06. The van der Waals surface area contributed by atoms with Gasteiger partial charge in [-0.3, -0.25) is 10.1 Å². The molecule has 0 spiro atoms. The van der Waals surface area contributed by atoms with Gasteiger partial charge in [0.05, 0.1) is 13.2 Å². The smallest absolute Gasteiger partial charge is 0.257 e. The molecule has 6 nitrogen and oxygen atoms in total. The minimum atomic E-state index is -0.241. The summed E-state index contributed by atoms with van der Waals surface area (Å²) in [5, 5.41) is 11.6. The molecule has 0 aliphatic carbocycles. The number of aromatic nitrogens is 2. The Hall–Kier alpha value is -1.99. The van der Waals surface area contributed by atoms with Gasteiger partial charge in [-0.05, 0) is 31.2 Å². The number of methoxy groups -OCH3 is 1. The number of nitrogens with two attached hydrogens (primary N) is 1. The van der Waals surface area contributed by atoms with E-state index in [4.69, 9.17) is 10.5 Å². The molecule has 0 aliphatic heterocycles. The summed E-state index contributed by atoms with van der Waals surface area (Å²) in [6.45, 7) is 1.82. The first kappa shape index (κ1) is 13.4. The predicted molar refractivity (Wildman–Crippen MR) is 73.5 cm³/mol. The zero-order chi connectivity index (χ0) is 13.8. The summed E-state index contributed by atoms with van der Waals surface area (Å²) in [4.78, 5) is 11.9. The number of ether oxygens (including phenoxy) is 1. The van der Waals surface area contributed by atoms with E-state index in [0.717, 1.165) is 0 Å². The highest BCUT2D eigenvalue weighted by molar-refractivity contribution is 7.15. The van der Waals surface area contributed by atoms with Crippen LogP contribution in [-0.2, 0) is 0 Å². The van der Waals surface area contributed by atoms with Crippen molar-refractivity contribution in [2.24, 2.45) is 5.73 Å². The molecule has 7 heteroatoms. The van der Waals surface area contributed by atoms with Gasteiger partial charge in [-0.15, -0.1) is 10.2 Å². The van der Waals surface area contributed by atoms with Crippen LogP contribution in [0.3, 0.4) is 0 Å². The van der Waals surface area contributed by atoms with E-state index in [2.05, 4.69) is 15.5 Å². The van der Waals surface area contributed by atoms with Gasteiger partial charge in [-0.25, -0.2) is 0 Å². The van der Waals surface area contributed by atoms with Crippen molar-refractivity contribution < 1.29 is 9.53 Å². The molecule has 2 rings (SSSR count). The third-order valence-corrected chi connectivity index (χ3v) is 3.44. The Morgan fingerprint density at radius 1 is 1.37 bits per heavy atom. The van der Waals surface area contributed by atoms with Gasteiger partial charge in [-0.2, -0.15) is 0 Å². The first-order chi connectivity index (χ1) is 9.10. The highest BCUT2D eigenvalue weighted by Crippen LogP contribution is 2.20. The van der Waals surface area contributed by atoms with Crippen LogP contribution in [-0.4, -0.2) is 23.2 Å². The molecule has 1 aromatic heterocycles. The number of nitrogens with zero attached hydrogens (tertiary/aromatic N) is 2. The van der Waals surface area contributed by atoms with E-state index < -0.39 is 0 Å². The molecule has 19 heavy (non-hydrogen) atoms. The summed E-state index contributed by atoms with van der Waals surface area (Å²) in [7, 11) is 1.58. The maximum absolute atomic E-state index is 11.9. The summed E-state index contributed by atoms with van der Waals surface area (Å²) in [6, 6.07) is 6.62. The quantitative estimate of drug-likeness (QED) is 0.890. The molecule has 0 bridgehead atoms. The van der Waals surface area contributed by atoms with Gasteiger partial charge in [0, 0.05) is 5.56 Å². The van der Waals surface area contributed by atoms with Crippen molar-refractivity contribution in [2.45, 2.75) is 13.0 Å². The van der Waals surface area contributed by atoms with E-state index in [1.165, 1.54) is 11.3 Å². The molecule has 1 amide bonds. The van der Waals surface area contributed by atoms with Crippen LogP contribution in [0, 0.1) is 0 Å². The van der Waals surface area contributed by atoms with E-state index in [-0.39, 0.29) is 11.9 Å². The molecule has 0 fully saturated rings. The van der Waals surface area contributed by atoms with Crippen molar-refractivity contribution in [2.75, 3.05) is 12.4 Å². The number of carbonyl (C=O) groups excluding carboxylic acids is 1. The van der Waals surface area contributed by atoms with Crippen LogP contribution in [0.5, 0.6) is 5.75 Å². The van der Waals surface area contributed by atoms with Crippen molar-refractivity contribution in [1.82, 2.24) is 10.2 Å². The van der Waals surface area contributed by atoms with Gasteiger partial charge in [-0.1, -0.05) is 11.3 Å². The Labute approximate surface area is 114 Å². The van der Waals surface area contributed by atoms with Crippen LogP contribution in [0.1, 0.15) is 28.3 Å². The summed E-state index contributed by atoms with van der Waals surface area (Å²) < 4.78 is 5.03. The van der Waals surface area contributed by atoms with Gasteiger partial charge < -0.3 is 10.5 Å². The average molecular weight is 278 g/mol. The lowest BCUT2D eigenvalue weighted by atomic mass is 10.2. The first-order valence-corrected chi connectivity index (χ1v) is 6.46. The van der Waals surface area contributed by atoms with Crippen molar-refractivity contribution in [3.8, 4) is 5.75 Å². The summed E-state index contributed by atoms with van der Waals surface area (Å²) >= 11 is 1.27. The lowest BCUT2D eigenvalue weighted by molar-refractivity contribution is 0.102. The van der Waals surface area contributed by atoms with Crippen molar-refractivity contribution >= 4 is 22.4 Å². The first-order valence-electron chi connectivity index (χ1n) is 5.64. The van der Waals surface area contributed by atoms with Crippen molar-refractivity contribution in [3.05, 3.63) is 34.8 Å². The van der Waals surface area contributed by atoms with Gasteiger partial charge >= 0.3 is 0 Å². The molecule has 1 atom stereocenters. The second-order valence-corrected chi connectivity index (χ2v) is 4.93. The third-order valence-electron chi connectivity index (χ3n) is 2.40. The van der Waals surface area contributed by atoms with Gasteiger partial charge in [0.25, 0.3) is 5.91 Å². The van der Waals surface area contributed by atoms with E-state index in [0.29, 0.717) is 21.5 Å². The average Bonchev–Trinajstić information content (AvgIpc) is 2.87. The van der Waals surface area contributed by atoms with E-state index in [9.17, 15) is 4.79 Å². The third kappa shape index (κ3) is 3.27. The normalized spacial score (nSPS) is 11.9. The van der Waals surface area contributed by atoms with Crippen molar-refractivity contribution in [1.29, 1.82) is 0 Å².